The number of thiocarbonyl (C=S) groups is 1. The third-order valence-corrected chi connectivity index (χ3v) is 5.71. The van der Waals surface area contributed by atoms with E-state index in [-0.39, 0.29) is 5.91 Å². The molecule has 1 amide bonds. The van der Waals surface area contributed by atoms with Gasteiger partial charge < -0.3 is 0 Å². The molecule has 2 aromatic rings. The van der Waals surface area contributed by atoms with Crippen LogP contribution in [0.1, 0.15) is 18.1 Å². The van der Waals surface area contributed by atoms with E-state index in [0.717, 1.165) is 11.1 Å². The number of benzene rings is 2. The average molecular weight is 327 g/mol. The van der Waals surface area contributed by atoms with E-state index in [4.69, 9.17) is 12.2 Å². The molecular formula is C18H17NOS2. The molecule has 0 radical (unpaired) electrons. The minimum absolute atomic E-state index is 0.0798. The Bertz CT molecular complexity index is 645. The van der Waals surface area contributed by atoms with Gasteiger partial charge in [-0.05, 0) is 18.1 Å². The molecule has 0 N–H and O–H groups in total. The summed E-state index contributed by atoms with van der Waals surface area (Å²) in [6.07, 6.45) is 0. The van der Waals surface area contributed by atoms with Crippen LogP contribution in [0.15, 0.2) is 60.7 Å². The Kier molecular flexibility index (Phi) is 4.32. The number of likely N-dealkylation sites (N-methyl/N-ethyl adjacent to an activating group) is 1. The van der Waals surface area contributed by atoms with Crippen LogP contribution in [-0.4, -0.2) is 27.4 Å². The summed E-state index contributed by atoms with van der Waals surface area (Å²) in [6.45, 7) is 2.57. The van der Waals surface area contributed by atoms with E-state index < -0.39 is 5.41 Å². The summed E-state index contributed by atoms with van der Waals surface area (Å²) in [7, 11) is 0. The highest BCUT2D eigenvalue weighted by Gasteiger charge is 2.48. The second kappa shape index (κ2) is 6.23. The molecule has 22 heavy (non-hydrogen) atoms. The van der Waals surface area contributed by atoms with Crippen LogP contribution in [0.5, 0.6) is 0 Å². The normalized spacial score (nSPS) is 17.6. The Labute approximate surface area is 140 Å². The lowest BCUT2D eigenvalue weighted by molar-refractivity contribution is -0.131. The molecule has 0 atom stereocenters. The van der Waals surface area contributed by atoms with Gasteiger partial charge in [0.25, 0.3) is 0 Å². The second-order valence-corrected chi connectivity index (χ2v) is 6.85. The number of rotatable bonds is 3. The highest BCUT2D eigenvalue weighted by molar-refractivity contribution is 8.23. The summed E-state index contributed by atoms with van der Waals surface area (Å²) < 4.78 is 0.676. The number of nitrogens with zero attached hydrogens (tertiary/aromatic N) is 1. The predicted molar refractivity (Wildman–Crippen MR) is 96.1 cm³/mol. The fourth-order valence-corrected chi connectivity index (χ4v) is 4.47. The smallest absolute Gasteiger partial charge is 0.243 e. The third-order valence-electron chi connectivity index (χ3n) is 4.09. The zero-order valence-corrected chi connectivity index (χ0v) is 14.0. The maximum absolute atomic E-state index is 13.3. The molecule has 112 valence electrons. The van der Waals surface area contributed by atoms with Crippen molar-refractivity contribution in [2.75, 3.05) is 12.3 Å². The summed E-state index contributed by atoms with van der Waals surface area (Å²) in [5, 5.41) is 0. The van der Waals surface area contributed by atoms with Crippen molar-refractivity contribution in [3.8, 4) is 0 Å². The molecule has 0 spiro atoms. The van der Waals surface area contributed by atoms with Crippen LogP contribution in [0.25, 0.3) is 0 Å². The van der Waals surface area contributed by atoms with Gasteiger partial charge in [-0.1, -0.05) is 84.6 Å². The van der Waals surface area contributed by atoms with Crippen molar-refractivity contribution in [2.24, 2.45) is 0 Å². The Balaban J connectivity index is 2.21. The van der Waals surface area contributed by atoms with E-state index >= 15 is 0 Å². The molecule has 0 aliphatic carbocycles. The molecule has 4 heteroatoms. The topological polar surface area (TPSA) is 20.3 Å². The van der Waals surface area contributed by atoms with Crippen LogP contribution < -0.4 is 0 Å². The van der Waals surface area contributed by atoms with Gasteiger partial charge in [0.1, 0.15) is 9.74 Å². The van der Waals surface area contributed by atoms with E-state index in [1.807, 2.05) is 67.6 Å². The maximum atomic E-state index is 13.3. The minimum atomic E-state index is -0.661. The highest BCUT2D eigenvalue weighted by Crippen LogP contribution is 2.41. The quantitative estimate of drug-likeness (QED) is 0.799. The molecule has 1 aliphatic rings. The van der Waals surface area contributed by atoms with Crippen molar-refractivity contribution in [1.29, 1.82) is 0 Å². The minimum Gasteiger partial charge on any atom is -0.297 e. The number of carbonyl (C=O) groups excluding carboxylic acids is 1. The van der Waals surface area contributed by atoms with Crippen molar-refractivity contribution >= 4 is 34.2 Å². The van der Waals surface area contributed by atoms with Crippen molar-refractivity contribution in [3.05, 3.63) is 71.8 Å². The Morgan fingerprint density at radius 1 is 1.05 bits per heavy atom. The van der Waals surface area contributed by atoms with Crippen LogP contribution in [0, 0.1) is 0 Å². The first kappa shape index (κ1) is 15.3. The highest BCUT2D eigenvalue weighted by atomic mass is 32.2. The van der Waals surface area contributed by atoms with Crippen LogP contribution >= 0.6 is 24.0 Å². The zero-order valence-electron chi connectivity index (χ0n) is 12.4. The van der Waals surface area contributed by atoms with Crippen LogP contribution in [-0.2, 0) is 10.2 Å². The zero-order chi connectivity index (χ0) is 15.6. The van der Waals surface area contributed by atoms with E-state index in [1.54, 1.807) is 16.7 Å². The van der Waals surface area contributed by atoms with Crippen molar-refractivity contribution in [2.45, 2.75) is 12.3 Å². The lowest BCUT2D eigenvalue weighted by Crippen LogP contribution is -2.54. The van der Waals surface area contributed by atoms with Crippen LogP contribution in [0.2, 0.25) is 0 Å². The van der Waals surface area contributed by atoms with Gasteiger partial charge >= 0.3 is 0 Å². The summed E-state index contributed by atoms with van der Waals surface area (Å²) in [6, 6.07) is 20.0. The number of thioether (sulfide) groups is 1. The van der Waals surface area contributed by atoms with Crippen LogP contribution in [0.4, 0.5) is 0 Å². The lowest BCUT2D eigenvalue weighted by atomic mass is 9.74. The Morgan fingerprint density at radius 2 is 1.55 bits per heavy atom. The molecule has 1 heterocycles. The van der Waals surface area contributed by atoms with Gasteiger partial charge in [-0.3, -0.25) is 9.69 Å². The first-order valence-electron chi connectivity index (χ1n) is 7.30. The SMILES string of the molecule is CCN1C(=O)C(c2ccccc2)(c2ccccc2)CSC1=S. The van der Waals surface area contributed by atoms with E-state index in [9.17, 15) is 4.79 Å². The Hall–Kier alpha value is -1.65. The molecule has 0 saturated carbocycles. The first-order chi connectivity index (χ1) is 10.7. The van der Waals surface area contributed by atoms with Crippen molar-refractivity contribution in [1.82, 2.24) is 4.90 Å². The predicted octanol–water partition coefficient (Wildman–Crippen LogP) is 3.85. The van der Waals surface area contributed by atoms with Gasteiger partial charge in [0.15, 0.2) is 0 Å². The maximum Gasteiger partial charge on any atom is 0.243 e. The molecule has 2 aromatic carbocycles. The molecule has 0 bridgehead atoms. The summed E-state index contributed by atoms with van der Waals surface area (Å²) in [4.78, 5) is 15.0. The van der Waals surface area contributed by atoms with Gasteiger partial charge in [-0.25, -0.2) is 0 Å². The van der Waals surface area contributed by atoms with Gasteiger partial charge in [-0.2, -0.15) is 0 Å². The Morgan fingerprint density at radius 3 is 2.00 bits per heavy atom. The fraction of sp³-hybridized carbons (Fsp3) is 0.222. The largest absolute Gasteiger partial charge is 0.297 e. The van der Waals surface area contributed by atoms with Crippen molar-refractivity contribution < 1.29 is 4.79 Å². The first-order valence-corrected chi connectivity index (χ1v) is 8.69. The third kappa shape index (κ3) is 2.36. The number of carbonyl (C=O) groups is 1. The lowest BCUT2D eigenvalue weighted by Gasteiger charge is -2.41. The molecule has 3 rings (SSSR count). The molecule has 1 saturated heterocycles. The summed E-state index contributed by atoms with van der Waals surface area (Å²) in [5.74, 6) is 0.728. The average Bonchev–Trinajstić information content (AvgIpc) is 2.57. The van der Waals surface area contributed by atoms with Crippen molar-refractivity contribution in [3.63, 3.8) is 0 Å². The van der Waals surface area contributed by atoms with Crippen LogP contribution in [0.3, 0.4) is 0 Å². The van der Waals surface area contributed by atoms with Gasteiger partial charge in [-0.15, -0.1) is 0 Å². The summed E-state index contributed by atoms with van der Waals surface area (Å²) >= 11 is 6.96. The number of amides is 1. The monoisotopic (exact) mass is 327 g/mol. The van der Waals surface area contributed by atoms with Gasteiger partial charge in [0, 0.05) is 12.3 Å². The van der Waals surface area contributed by atoms with Gasteiger partial charge in [0.2, 0.25) is 5.91 Å². The van der Waals surface area contributed by atoms with E-state index in [0.29, 0.717) is 16.6 Å². The second-order valence-electron chi connectivity index (χ2n) is 5.24. The van der Waals surface area contributed by atoms with Gasteiger partial charge in [0.05, 0.1) is 0 Å². The van der Waals surface area contributed by atoms with E-state index in [1.165, 1.54) is 0 Å². The molecule has 0 unspecified atom stereocenters. The number of hydrogen-bond donors (Lipinski definition) is 0. The molecular weight excluding hydrogens is 310 g/mol. The standard InChI is InChI=1S/C18H17NOS2/c1-2-19-16(20)18(13-22-17(19)21,14-9-5-3-6-10-14)15-11-7-4-8-12-15/h3-12H,2,13H2,1H3. The fourth-order valence-electron chi connectivity index (χ4n) is 2.92. The molecule has 2 nitrogen and oxygen atoms in total. The molecule has 1 fully saturated rings. The molecule has 1 aliphatic heterocycles. The molecule has 0 aromatic heterocycles. The summed E-state index contributed by atoms with van der Waals surface area (Å²) in [5.41, 5.74) is 1.39. The van der Waals surface area contributed by atoms with E-state index in [2.05, 4.69) is 0 Å². The number of hydrogen-bond acceptors (Lipinski definition) is 3.